The van der Waals surface area contributed by atoms with Gasteiger partial charge in [0.25, 0.3) is 0 Å². The number of rotatable bonds is 5. The number of carbonyl (C=O) groups is 1. The lowest BCUT2D eigenvalue weighted by atomic mass is 10.2. The zero-order valence-corrected chi connectivity index (χ0v) is 10.7. The van der Waals surface area contributed by atoms with Gasteiger partial charge in [0, 0.05) is 31.5 Å². The third kappa shape index (κ3) is 3.62. The highest BCUT2D eigenvalue weighted by Gasteiger charge is 2.11. The molecule has 0 bridgehead atoms. The van der Waals surface area contributed by atoms with Crippen LogP contribution < -0.4 is 16.0 Å². The molecule has 1 rings (SSSR count). The van der Waals surface area contributed by atoms with E-state index in [9.17, 15) is 4.79 Å². The maximum atomic E-state index is 11.4. The molecule has 0 unspecified atom stereocenters. The third-order valence-electron chi connectivity index (χ3n) is 2.56. The Morgan fingerprint density at radius 2 is 2.29 bits per heavy atom. The Kier molecular flexibility index (Phi) is 4.75. The van der Waals surface area contributed by atoms with Gasteiger partial charge in [-0.3, -0.25) is 4.79 Å². The van der Waals surface area contributed by atoms with Crippen molar-refractivity contribution in [3.05, 3.63) is 17.8 Å². The fraction of sp³-hybridized carbons (Fsp3) is 0.500. The minimum Gasteiger partial charge on any atom is -0.398 e. The molecule has 1 amide bonds. The van der Waals surface area contributed by atoms with Gasteiger partial charge in [0.15, 0.2) is 0 Å². The number of anilines is 2. The Morgan fingerprint density at radius 1 is 1.59 bits per heavy atom. The number of aromatic nitrogens is 1. The highest BCUT2D eigenvalue weighted by Crippen LogP contribution is 2.17. The molecule has 5 nitrogen and oxygen atoms in total. The zero-order chi connectivity index (χ0) is 12.8. The van der Waals surface area contributed by atoms with E-state index < -0.39 is 0 Å². The molecule has 3 N–H and O–H groups in total. The number of pyridine rings is 1. The molecule has 0 radical (unpaired) electrons. The maximum Gasteiger partial charge on any atom is 0.239 e. The van der Waals surface area contributed by atoms with Crippen molar-refractivity contribution < 1.29 is 4.79 Å². The van der Waals surface area contributed by atoms with Gasteiger partial charge in [0.05, 0.1) is 6.54 Å². The van der Waals surface area contributed by atoms with Crippen molar-refractivity contribution in [3.8, 4) is 0 Å². The number of hydrogen-bond acceptors (Lipinski definition) is 4. The molecule has 0 saturated carbocycles. The summed E-state index contributed by atoms with van der Waals surface area (Å²) in [5, 5.41) is 2.61. The van der Waals surface area contributed by atoms with Crippen LogP contribution in [0.1, 0.15) is 18.9 Å². The predicted octanol–water partition coefficient (Wildman–Crippen LogP) is 0.935. The molecule has 0 aliphatic rings. The molecule has 0 saturated heterocycles. The molecular formula is C12H20N4O. The molecule has 0 fully saturated rings. The van der Waals surface area contributed by atoms with Crippen LogP contribution in [-0.2, 0) is 4.79 Å². The quantitative estimate of drug-likeness (QED) is 0.798. The molecule has 0 aliphatic heterocycles. The highest BCUT2D eigenvalue weighted by atomic mass is 16.1. The SMILES string of the molecule is CCCN(CC(=O)NC)c1cc(N)c(C)cn1. The number of amides is 1. The summed E-state index contributed by atoms with van der Waals surface area (Å²) in [5.74, 6) is 0.720. The second kappa shape index (κ2) is 6.08. The minimum atomic E-state index is -0.0283. The van der Waals surface area contributed by atoms with Crippen LogP contribution in [0.4, 0.5) is 11.5 Å². The summed E-state index contributed by atoms with van der Waals surface area (Å²) in [5.41, 5.74) is 7.50. The highest BCUT2D eigenvalue weighted by molar-refractivity contribution is 5.80. The lowest BCUT2D eigenvalue weighted by Crippen LogP contribution is -2.36. The van der Waals surface area contributed by atoms with Crippen molar-refractivity contribution in [1.82, 2.24) is 10.3 Å². The van der Waals surface area contributed by atoms with E-state index in [1.807, 2.05) is 17.9 Å². The monoisotopic (exact) mass is 236 g/mol. The Bertz CT molecular complexity index is 392. The number of aryl methyl sites for hydroxylation is 1. The molecule has 5 heteroatoms. The van der Waals surface area contributed by atoms with Crippen molar-refractivity contribution in [2.45, 2.75) is 20.3 Å². The fourth-order valence-corrected chi connectivity index (χ4v) is 1.50. The van der Waals surface area contributed by atoms with Crippen LogP contribution in [0, 0.1) is 6.92 Å². The normalized spacial score (nSPS) is 10.1. The molecule has 0 spiro atoms. The van der Waals surface area contributed by atoms with E-state index in [-0.39, 0.29) is 5.91 Å². The molecule has 1 aromatic heterocycles. The second-order valence-corrected chi connectivity index (χ2v) is 3.99. The summed E-state index contributed by atoms with van der Waals surface area (Å²) >= 11 is 0. The molecule has 0 aromatic carbocycles. The summed E-state index contributed by atoms with van der Waals surface area (Å²) < 4.78 is 0. The number of nitrogens with zero attached hydrogens (tertiary/aromatic N) is 2. The van der Waals surface area contributed by atoms with Gasteiger partial charge in [-0.1, -0.05) is 6.92 Å². The van der Waals surface area contributed by atoms with Gasteiger partial charge >= 0.3 is 0 Å². The third-order valence-corrected chi connectivity index (χ3v) is 2.56. The van der Waals surface area contributed by atoms with Crippen LogP contribution in [0.25, 0.3) is 0 Å². The van der Waals surface area contributed by atoms with Crippen molar-refractivity contribution in [2.24, 2.45) is 0 Å². The number of carbonyl (C=O) groups excluding carboxylic acids is 1. The summed E-state index contributed by atoms with van der Waals surface area (Å²) in [6.07, 6.45) is 2.68. The zero-order valence-electron chi connectivity index (χ0n) is 10.7. The first kappa shape index (κ1) is 13.3. The lowest BCUT2D eigenvalue weighted by molar-refractivity contribution is -0.119. The van der Waals surface area contributed by atoms with Gasteiger partial charge in [-0.25, -0.2) is 4.98 Å². The van der Waals surface area contributed by atoms with E-state index in [0.717, 1.165) is 24.3 Å². The van der Waals surface area contributed by atoms with Gasteiger partial charge in [0.1, 0.15) is 5.82 Å². The molecule has 1 heterocycles. The first-order valence-electron chi connectivity index (χ1n) is 5.76. The topological polar surface area (TPSA) is 71.2 Å². The second-order valence-electron chi connectivity index (χ2n) is 3.99. The summed E-state index contributed by atoms with van der Waals surface area (Å²) in [4.78, 5) is 17.6. The van der Waals surface area contributed by atoms with E-state index in [0.29, 0.717) is 12.2 Å². The lowest BCUT2D eigenvalue weighted by Gasteiger charge is -2.22. The van der Waals surface area contributed by atoms with Crippen molar-refractivity contribution in [2.75, 3.05) is 30.8 Å². The summed E-state index contributed by atoms with van der Waals surface area (Å²) in [7, 11) is 1.63. The molecule has 0 atom stereocenters. The molecular weight excluding hydrogens is 216 g/mol. The van der Waals surface area contributed by atoms with Crippen LogP contribution >= 0.6 is 0 Å². The van der Waals surface area contributed by atoms with Gasteiger partial charge in [-0.05, 0) is 18.9 Å². The maximum absolute atomic E-state index is 11.4. The first-order chi connectivity index (χ1) is 8.08. The van der Waals surface area contributed by atoms with Crippen LogP contribution in [0.2, 0.25) is 0 Å². The van der Waals surface area contributed by atoms with Crippen molar-refractivity contribution >= 4 is 17.4 Å². The number of hydrogen-bond donors (Lipinski definition) is 2. The van der Waals surface area contributed by atoms with E-state index >= 15 is 0 Å². The molecule has 17 heavy (non-hydrogen) atoms. The van der Waals surface area contributed by atoms with Gasteiger partial charge < -0.3 is 16.0 Å². The summed E-state index contributed by atoms with van der Waals surface area (Å²) in [6, 6.07) is 1.81. The number of nitrogens with two attached hydrogens (primary N) is 1. The Labute approximate surface area is 102 Å². The molecule has 94 valence electrons. The van der Waals surface area contributed by atoms with Crippen LogP contribution in [0.5, 0.6) is 0 Å². The van der Waals surface area contributed by atoms with Crippen molar-refractivity contribution in [3.63, 3.8) is 0 Å². The average Bonchev–Trinajstić information content (AvgIpc) is 2.32. The van der Waals surface area contributed by atoms with Crippen LogP contribution in [0.3, 0.4) is 0 Å². The van der Waals surface area contributed by atoms with Crippen LogP contribution in [-0.4, -0.2) is 31.0 Å². The standard InChI is InChI=1S/C12H20N4O/c1-4-5-16(8-12(17)14-3)11-6-10(13)9(2)7-15-11/h6-7H,4-5,8H2,1-3H3,(H2,13,15)(H,14,17). The smallest absolute Gasteiger partial charge is 0.239 e. The van der Waals surface area contributed by atoms with E-state index in [2.05, 4.69) is 17.2 Å². The van der Waals surface area contributed by atoms with E-state index in [1.54, 1.807) is 13.2 Å². The average molecular weight is 236 g/mol. The van der Waals surface area contributed by atoms with Crippen molar-refractivity contribution in [1.29, 1.82) is 0 Å². The minimum absolute atomic E-state index is 0.0283. The van der Waals surface area contributed by atoms with E-state index in [4.69, 9.17) is 5.73 Å². The Hall–Kier alpha value is -1.78. The molecule has 0 aliphatic carbocycles. The fourth-order valence-electron chi connectivity index (χ4n) is 1.50. The Balaban J connectivity index is 2.88. The number of nitrogen functional groups attached to an aromatic ring is 1. The van der Waals surface area contributed by atoms with Gasteiger partial charge in [0.2, 0.25) is 5.91 Å². The number of nitrogens with one attached hydrogen (secondary N) is 1. The van der Waals surface area contributed by atoms with Crippen LogP contribution in [0.15, 0.2) is 12.3 Å². The largest absolute Gasteiger partial charge is 0.398 e. The number of likely N-dealkylation sites (N-methyl/N-ethyl adjacent to an activating group) is 1. The predicted molar refractivity (Wildman–Crippen MR) is 70.0 cm³/mol. The van der Waals surface area contributed by atoms with Gasteiger partial charge in [-0.2, -0.15) is 0 Å². The Morgan fingerprint density at radius 3 is 2.82 bits per heavy atom. The molecule has 1 aromatic rings. The van der Waals surface area contributed by atoms with E-state index in [1.165, 1.54) is 0 Å². The first-order valence-corrected chi connectivity index (χ1v) is 5.76. The summed E-state index contributed by atoms with van der Waals surface area (Å²) in [6.45, 7) is 5.06. The van der Waals surface area contributed by atoms with Gasteiger partial charge in [-0.15, -0.1) is 0 Å².